The van der Waals surface area contributed by atoms with E-state index >= 15 is 0 Å². The molecule has 1 fully saturated rings. The van der Waals surface area contributed by atoms with Gasteiger partial charge >= 0.3 is 5.97 Å². The Bertz CT molecular complexity index is 590. The van der Waals surface area contributed by atoms with Crippen molar-refractivity contribution in [3.8, 4) is 6.07 Å². The summed E-state index contributed by atoms with van der Waals surface area (Å²) in [7, 11) is 0. The number of nitro benzene ring substituents is 1. The highest BCUT2D eigenvalue weighted by atomic mass is 16.6. The molecule has 0 aliphatic carbocycles. The van der Waals surface area contributed by atoms with Gasteiger partial charge in [-0.1, -0.05) is 0 Å². The van der Waals surface area contributed by atoms with Crippen molar-refractivity contribution in [1.29, 1.82) is 5.26 Å². The molecule has 0 saturated carbocycles. The smallest absolute Gasteiger partial charge is 0.339 e. The van der Waals surface area contributed by atoms with E-state index in [0.717, 1.165) is 0 Å². The fourth-order valence-corrected chi connectivity index (χ4v) is 2.05. The molecule has 0 aromatic heterocycles. The van der Waals surface area contributed by atoms with Crippen LogP contribution in [-0.4, -0.2) is 43.8 Å². The van der Waals surface area contributed by atoms with Gasteiger partial charge in [-0.15, -0.1) is 0 Å². The van der Waals surface area contributed by atoms with Crippen LogP contribution < -0.4 is 4.90 Å². The standard InChI is InChI=1S/C13H13N3O5/c14-3-6-21-13(17)10-1-2-11(12(9-10)16(18)19)15-4-7-20-8-5-15/h1-2,9H,4-8H2. The third-order valence-corrected chi connectivity index (χ3v) is 3.03. The Morgan fingerprint density at radius 3 is 2.81 bits per heavy atom. The van der Waals surface area contributed by atoms with Gasteiger partial charge in [0.05, 0.1) is 23.7 Å². The molecular weight excluding hydrogens is 278 g/mol. The quantitative estimate of drug-likeness (QED) is 0.464. The number of esters is 1. The molecule has 0 spiro atoms. The maximum Gasteiger partial charge on any atom is 0.339 e. The Morgan fingerprint density at radius 1 is 1.48 bits per heavy atom. The Kier molecular flexibility index (Phi) is 4.68. The Morgan fingerprint density at radius 2 is 2.19 bits per heavy atom. The van der Waals surface area contributed by atoms with Crippen molar-refractivity contribution in [2.24, 2.45) is 0 Å². The summed E-state index contributed by atoms with van der Waals surface area (Å²) in [5.74, 6) is -0.756. The van der Waals surface area contributed by atoms with Crippen LogP contribution >= 0.6 is 0 Å². The number of nitro groups is 1. The van der Waals surface area contributed by atoms with E-state index in [1.54, 1.807) is 6.07 Å². The Balaban J connectivity index is 2.28. The molecule has 0 bridgehead atoms. The molecule has 0 radical (unpaired) electrons. The van der Waals surface area contributed by atoms with E-state index in [-0.39, 0.29) is 11.3 Å². The van der Waals surface area contributed by atoms with E-state index in [1.165, 1.54) is 18.2 Å². The first-order chi connectivity index (χ1) is 10.1. The van der Waals surface area contributed by atoms with Gasteiger partial charge in [0.1, 0.15) is 11.8 Å². The van der Waals surface area contributed by atoms with Gasteiger partial charge in [0.2, 0.25) is 0 Å². The second-order valence-corrected chi connectivity index (χ2v) is 4.29. The number of benzene rings is 1. The molecule has 0 atom stereocenters. The molecule has 8 heteroatoms. The van der Waals surface area contributed by atoms with Gasteiger partial charge in [0.25, 0.3) is 5.69 Å². The number of hydrogen-bond donors (Lipinski definition) is 0. The highest BCUT2D eigenvalue weighted by molar-refractivity contribution is 5.91. The number of nitriles is 1. The number of morpholine rings is 1. The molecular formula is C13H13N3O5. The van der Waals surface area contributed by atoms with Crippen LogP contribution in [0.1, 0.15) is 10.4 Å². The zero-order valence-electron chi connectivity index (χ0n) is 11.2. The van der Waals surface area contributed by atoms with Crippen molar-refractivity contribution in [3.05, 3.63) is 33.9 Å². The summed E-state index contributed by atoms with van der Waals surface area (Å²) in [6.07, 6.45) is 0. The molecule has 0 unspecified atom stereocenters. The third-order valence-electron chi connectivity index (χ3n) is 3.03. The monoisotopic (exact) mass is 291 g/mol. The van der Waals surface area contributed by atoms with Crippen molar-refractivity contribution < 1.29 is 19.2 Å². The summed E-state index contributed by atoms with van der Waals surface area (Å²) < 4.78 is 9.85. The summed E-state index contributed by atoms with van der Waals surface area (Å²) >= 11 is 0. The van der Waals surface area contributed by atoms with Gasteiger partial charge in [0, 0.05) is 19.2 Å². The number of ether oxygens (including phenoxy) is 2. The van der Waals surface area contributed by atoms with Crippen LogP contribution in [0.15, 0.2) is 18.2 Å². The molecule has 1 aliphatic heterocycles. The van der Waals surface area contributed by atoms with Gasteiger partial charge in [-0.3, -0.25) is 10.1 Å². The average Bonchev–Trinajstić information content (AvgIpc) is 2.52. The van der Waals surface area contributed by atoms with Gasteiger partial charge < -0.3 is 14.4 Å². The molecule has 1 aromatic rings. The van der Waals surface area contributed by atoms with Crippen molar-refractivity contribution in [3.63, 3.8) is 0 Å². The van der Waals surface area contributed by atoms with Crippen molar-refractivity contribution in [1.82, 2.24) is 0 Å². The van der Waals surface area contributed by atoms with Crippen LogP contribution in [0.4, 0.5) is 11.4 Å². The van der Waals surface area contributed by atoms with Crippen molar-refractivity contribution >= 4 is 17.3 Å². The van der Waals surface area contributed by atoms with E-state index in [0.29, 0.717) is 32.0 Å². The highest BCUT2D eigenvalue weighted by Crippen LogP contribution is 2.30. The third kappa shape index (κ3) is 3.46. The lowest BCUT2D eigenvalue weighted by atomic mass is 10.1. The maximum atomic E-state index is 11.6. The van der Waals surface area contributed by atoms with Gasteiger partial charge in [-0.05, 0) is 12.1 Å². The topological polar surface area (TPSA) is 106 Å². The molecule has 2 rings (SSSR count). The number of carbonyl (C=O) groups is 1. The average molecular weight is 291 g/mol. The Hall–Kier alpha value is -2.66. The first kappa shape index (κ1) is 14.7. The van der Waals surface area contributed by atoms with Crippen molar-refractivity contribution in [2.45, 2.75) is 0 Å². The molecule has 21 heavy (non-hydrogen) atoms. The first-order valence-electron chi connectivity index (χ1n) is 6.28. The summed E-state index contributed by atoms with van der Waals surface area (Å²) in [6, 6.07) is 5.82. The number of rotatable bonds is 4. The summed E-state index contributed by atoms with van der Waals surface area (Å²) in [4.78, 5) is 24.1. The van der Waals surface area contributed by atoms with Crippen LogP contribution in [0.3, 0.4) is 0 Å². The minimum absolute atomic E-state index is 0.0500. The number of carbonyl (C=O) groups excluding carboxylic acids is 1. The molecule has 0 amide bonds. The first-order valence-corrected chi connectivity index (χ1v) is 6.28. The van der Waals surface area contributed by atoms with Gasteiger partial charge in [-0.25, -0.2) is 4.79 Å². The predicted octanol–water partition coefficient (Wildman–Crippen LogP) is 1.11. The van der Waals surface area contributed by atoms with E-state index in [4.69, 9.17) is 10.00 Å². The number of anilines is 1. The molecule has 1 saturated heterocycles. The molecule has 110 valence electrons. The lowest BCUT2D eigenvalue weighted by Crippen LogP contribution is -2.36. The lowest BCUT2D eigenvalue weighted by molar-refractivity contribution is -0.384. The summed E-state index contributed by atoms with van der Waals surface area (Å²) in [5, 5.41) is 19.6. The maximum absolute atomic E-state index is 11.6. The van der Waals surface area contributed by atoms with Crippen molar-refractivity contribution in [2.75, 3.05) is 37.8 Å². The molecule has 0 N–H and O–H groups in total. The second-order valence-electron chi connectivity index (χ2n) is 4.29. The van der Waals surface area contributed by atoms with Gasteiger partial charge in [-0.2, -0.15) is 5.26 Å². The van der Waals surface area contributed by atoms with Crippen LogP contribution in [0.2, 0.25) is 0 Å². The fourth-order valence-electron chi connectivity index (χ4n) is 2.05. The predicted molar refractivity (Wildman–Crippen MR) is 72.0 cm³/mol. The molecule has 1 aromatic carbocycles. The number of hydrogen-bond acceptors (Lipinski definition) is 7. The SMILES string of the molecule is N#CCOC(=O)c1ccc(N2CCOCC2)c([N+](=O)[O-])c1. The van der Waals surface area contributed by atoms with E-state index in [1.807, 2.05) is 4.90 Å². The van der Waals surface area contributed by atoms with Crippen LogP contribution in [0.25, 0.3) is 0 Å². The zero-order chi connectivity index (χ0) is 15.2. The minimum Gasteiger partial charge on any atom is -0.447 e. The number of nitrogens with zero attached hydrogens (tertiary/aromatic N) is 3. The highest BCUT2D eigenvalue weighted by Gasteiger charge is 2.23. The molecule has 8 nitrogen and oxygen atoms in total. The zero-order valence-corrected chi connectivity index (χ0v) is 11.2. The van der Waals surface area contributed by atoms with Crippen LogP contribution in [0.5, 0.6) is 0 Å². The molecule has 1 heterocycles. The summed E-state index contributed by atoms with van der Waals surface area (Å²) in [6.45, 7) is 1.72. The molecule has 1 aliphatic rings. The van der Waals surface area contributed by atoms with Crippen LogP contribution in [-0.2, 0) is 9.47 Å². The lowest BCUT2D eigenvalue weighted by Gasteiger charge is -2.28. The minimum atomic E-state index is -0.756. The fraction of sp³-hybridized carbons (Fsp3) is 0.385. The normalized spacial score (nSPS) is 14.3. The Labute approximate surface area is 120 Å². The van der Waals surface area contributed by atoms with E-state index < -0.39 is 17.5 Å². The van der Waals surface area contributed by atoms with Gasteiger partial charge in [0.15, 0.2) is 6.61 Å². The largest absolute Gasteiger partial charge is 0.447 e. The van der Waals surface area contributed by atoms with E-state index in [2.05, 4.69) is 4.74 Å². The van der Waals surface area contributed by atoms with E-state index in [9.17, 15) is 14.9 Å². The summed E-state index contributed by atoms with van der Waals surface area (Å²) in [5.41, 5.74) is 0.331. The van der Waals surface area contributed by atoms with Crippen LogP contribution in [0, 0.1) is 21.4 Å². The second kappa shape index (κ2) is 6.67.